The largest absolute Gasteiger partial charge is 0.493 e. The van der Waals surface area contributed by atoms with E-state index in [0.29, 0.717) is 63.7 Å². The number of ether oxygens (including phenoxy) is 2. The van der Waals surface area contributed by atoms with Crippen LogP contribution in [0.25, 0.3) is 32.8 Å². The zero-order chi connectivity index (χ0) is 26.3. The van der Waals surface area contributed by atoms with E-state index in [1.54, 1.807) is 19.2 Å². The van der Waals surface area contributed by atoms with E-state index in [-0.39, 0.29) is 12.2 Å². The Morgan fingerprint density at radius 1 is 1.24 bits per heavy atom. The second kappa shape index (κ2) is 9.78. The van der Waals surface area contributed by atoms with Gasteiger partial charge in [-0.3, -0.25) is 9.78 Å². The molecule has 37 heavy (non-hydrogen) atoms. The Morgan fingerprint density at radius 3 is 2.78 bits per heavy atom. The Labute approximate surface area is 213 Å². The lowest BCUT2D eigenvalue weighted by molar-refractivity contribution is -0.151. The van der Waals surface area contributed by atoms with E-state index in [9.17, 15) is 14.7 Å². The fourth-order valence-corrected chi connectivity index (χ4v) is 5.12. The maximum atomic E-state index is 15.1. The number of rotatable bonds is 8. The first kappa shape index (κ1) is 24.6. The first-order valence-corrected chi connectivity index (χ1v) is 12.3. The van der Waals surface area contributed by atoms with Crippen LogP contribution in [0, 0.1) is 12.7 Å². The molecule has 0 spiro atoms. The third-order valence-corrected chi connectivity index (χ3v) is 6.85. The van der Waals surface area contributed by atoms with Gasteiger partial charge in [-0.15, -0.1) is 0 Å². The number of amides is 1. The molecular formula is C29H27FN2O5. The van der Waals surface area contributed by atoms with Crippen LogP contribution in [-0.2, 0) is 16.0 Å². The SMILES string of the molecule is CCCCO[C@@H](C(=O)O)c1c(C)cc2cc(C(N)=O)c(F)cc2c1-c1ccc2c3c(ccnc13)CCO2. The Bertz CT molecular complexity index is 1560. The highest BCUT2D eigenvalue weighted by Crippen LogP contribution is 2.44. The number of pyridine rings is 1. The number of carboxylic acids is 1. The molecule has 4 aromatic rings. The number of aromatic nitrogens is 1. The molecule has 2 heterocycles. The molecule has 0 unspecified atom stereocenters. The minimum Gasteiger partial charge on any atom is -0.493 e. The maximum absolute atomic E-state index is 15.1. The summed E-state index contributed by atoms with van der Waals surface area (Å²) in [6.07, 6.45) is 2.68. The lowest BCUT2D eigenvalue weighted by Gasteiger charge is -2.24. The van der Waals surface area contributed by atoms with Crippen LogP contribution >= 0.6 is 0 Å². The molecule has 3 aromatic carbocycles. The number of nitrogens with two attached hydrogens (primary N) is 1. The average molecular weight is 503 g/mol. The summed E-state index contributed by atoms with van der Waals surface area (Å²) in [6, 6.07) is 9.98. The van der Waals surface area contributed by atoms with Crippen molar-refractivity contribution in [1.29, 1.82) is 0 Å². The molecular weight excluding hydrogens is 475 g/mol. The van der Waals surface area contributed by atoms with Crippen molar-refractivity contribution in [1.82, 2.24) is 4.98 Å². The van der Waals surface area contributed by atoms with Crippen LogP contribution in [-0.4, -0.2) is 35.2 Å². The fraction of sp³-hybridized carbons (Fsp3) is 0.276. The Morgan fingerprint density at radius 2 is 2.05 bits per heavy atom. The molecule has 0 bridgehead atoms. The molecule has 1 amide bonds. The van der Waals surface area contributed by atoms with Crippen molar-refractivity contribution >= 4 is 33.6 Å². The summed E-state index contributed by atoms with van der Waals surface area (Å²) in [5, 5.41) is 12.1. The third kappa shape index (κ3) is 4.27. The zero-order valence-electron chi connectivity index (χ0n) is 20.6. The van der Waals surface area contributed by atoms with Crippen molar-refractivity contribution in [3.63, 3.8) is 0 Å². The van der Waals surface area contributed by atoms with Gasteiger partial charge >= 0.3 is 5.97 Å². The van der Waals surface area contributed by atoms with Gasteiger partial charge in [0.1, 0.15) is 11.6 Å². The molecule has 0 saturated heterocycles. The van der Waals surface area contributed by atoms with Crippen molar-refractivity contribution in [2.75, 3.05) is 13.2 Å². The Balaban J connectivity index is 1.89. The summed E-state index contributed by atoms with van der Waals surface area (Å²) in [7, 11) is 0. The molecule has 190 valence electrons. The molecule has 0 fully saturated rings. The van der Waals surface area contributed by atoms with Gasteiger partial charge in [-0.05, 0) is 71.1 Å². The van der Waals surface area contributed by atoms with Crippen LogP contribution in [0.3, 0.4) is 0 Å². The summed E-state index contributed by atoms with van der Waals surface area (Å²) >= 11 is 0. The quantitative estimate of drug-likeness (QED) is 0.309. The molecule has 0 radical (unpaired) electrons. The number of hydrogen-bond donors (Lipinski definition) is 2. The van der Waals surface area contributed by atoms with Crippen LogP contribution in [0.4, 0.5) is 4.39 Å². The van der Waals surface area contributed by atoms with E-state index in [1.165, 1.54) is 12.1 Å². The Hall–Kier alpha value is -4.04. The number of nitrogens with zero attached hydrogens (tertiary/aromatic N) is 1. The number of unbranched alkanes of at least 4 members (excludes halogenated alkanes) is 1. The van der Waals surface area contributed by atoms with Crippen molar-refractivity contribution in [3.8, 4) is 16.9 Å². The summed E-state index contributed by atoms with van der Waals surface area (Å²) < 4.78 is 26.9. The predicted octanol–water partition coefficient (Wildman–Crippen LogP) is 5.48. The van der Waals surface area contributed by atoms with Crippen LogP contribution in [0.15, 0.2) is 42.6 Å². The molecule has 5 rings (SSSR count). The molecule has 3 N–H and O–H groups in total. The second-order valence-electron chi connectivity index (χ2n) is 9.25. The molecule has 7 nitrogen and oxygen atoms in total. The van der Waals surface area contributed by atoms with Crippen molar-refractivity contribution in [2.45, 2.75) is 39.2 Å². The summed E-state index contributed by atoms with van der Waals surface area (Å²) in [4.78, 5) is 29.0. The molecule has 1 aromatic heterocycles. The monoisotopic (exact) mass is 502 g/mol. The molecule has 0 aliphatic carbocycles. The fourth-order valence-electron chi connectivity index (χ4n) is 5.12. The van der Waals surface area contributed by atoms with Gasteiger partial charge < -0.3 is 20.3 Å². The number of aryl methyl sites for hydroxylation is 1. The molecule has 8 heteroatoms. The standard InChI is InChI=1S/C29H27FN2O5/c1-3-4-10-37-27(29(34)35)23-15(2)12-17-13-20(28(31)33)21(30)14-19(17)25(23)18-5-6-22-24-16(8-11-36-22)7-9-32-26(18)24/h5-7,9,12-14,27H,3-4,8,10-11H2,1-2H3,(H2,31,33)(H,34,35)/t27-/m1/s1. The van der Waals surface area contributed by atoms with Crippen molar-refractivity contribution < 1.29 is 28.6 Å². The smallest absolute Gasteiger partial charge is 0.337 e. The first-order chi connectivity index (χ1) is 17.8. The van der Waals surface area contributed by atoms with E-state index in [4.69, 9.17) is 15.2 Å². The van der Waals surface area contributed by atoms with Gasteiger partial charge in [0.05, 0.1) is 17.7 Å². The van der Waals surface area contributed by atoms with Crippen molar-refractivity contribution in [2.24, 2.45) is 5.73 Å². The summed E-state index contributed by atoms with van der Waals surface area (Å²) in [5.74, 6) is -2.11. The highest BCUT2D eigenvalue weighted by Gasteiger charge is 2.30. The van der Waals surface area contributed by atoms with Gasteiger partial charge in [0, 0.05) is 35.7 Å². The van der Waals surface area contributed by atoms with Gasteiger partial charge in [-0.1, -0.05) is 19.4 Å². The average Bonchev–Trinajstić information content (AvgIpc) is 2.87. The van der Waals surface area contributed by atoms with Gasteiger partial charge in [-0.25, -0.2) is 9.18 Å². The molecule has 1 aliphatic rings. The Kier molecular flexibility index (Phi) is 6.52. The third-order valence-electron chi connectivity index (χ3n) is 6.85. The van der Waals surface area contributed by atoms with Crippen LogP contribution < -0.4 is 10.5 Å². The maximum Gasteiger partial charge on any atom is 0.337 e. The molecule has 0 saturated carbocycles. The second-order valence-corrected chi connectivity index (χ2v) is 9.25. The normalized spacial score (nSPS) is 13.5. The lowest BCUT2D eigenvalue weighted by atomic mass is 9.85. The highest BCUT2D eigenvalue weighted by molar-refractivity contribution is 6.10. The highest BCUT2D eigenvalue weighted by atomic mass is 19.1. The van der Waals surface area contributed by atoms with Gasteiger partial charge in [0.15, 0.2) is 6.10 Å². The number of carboxylic acid groups (broad SMARTS) is 1. The van der Waals surface area contributed by atoms with Gasteiger partial charge in [-0.2, -0.15) is 0 Å². The van der Waals surface area contributed by atoms with Crippen LogP contribution in [0.1, 0.15) is 52.9 Å². The first-order valence-electron chi connectivity index (χ1n) is 12.3. The number of halogens is 1. The predicted molar refractivity (Wildman–Crippen MR) is 138 cm³/mol. The number of benzene rings is 3. The van der Waals surface area contributed by atoms with E-state index < -0.39 is 23.8 Å². The summed E-state index contributed by atoms with van der Waals surface area (Å²) in [6.45, 7) is 4.59. The summed E-state index contributed by atoms with van der Waals surface area (Å²) in [5.41, 5.74) is 9.05. The van der Waals surface area contributed by atoms with Crippen LogP contribution in [0.5, 0.6) is 5.75 Å². The van der Waals surface area contributed by atoms with Gasteiger partial charge in [0.2, 0.25) is 0 Å². The van der Waals surface area contributed by atoms with Gasteiger partial charge in [0.25, 0.3) is 5.91 Å². The molecule has 1 aliphatic heterocycles. The van der Waals surface area contributed by atoms with Crippen molar-refractivity contribution in [3.05, 3.63) is 70.7 Å². The topological polar surface area (TPSA) is 112 Å². The number of carbonyl (C=O) groups excluding carboxylic acids is 1. The number of carbonyl (C=O) groups is 2. The number of aliphatic carboxylic acids is 1. The molecule has 1 atom stereocenters. The van der Waals surface area contributed by atoms with E-state index in [1.807, 2.05) is 25.1 Å². The minimum atomic E-state index is -1.29. The van der Waals surface area contributed by atoms with E-state index in [2.05, 4.69) is 4.98 Å². The number of fused-ring (bicyclic) bond motifs is 1. The lowest BCUT2D eigenvalue weighted by Crippen LogP contribution is -2.19. The van der Waals surface area contributed by atoms with Crippen LogP contribution in [0.2, 0.25) is 0 Å². The number of hydrogen-bond acceptors (Lipinski definition) is 5. The number of primary amides is 1. The van der Waals surface area contributed by atoms with E-state index in [0.717, 1.165) is 17.4 Å². The minimum absolute atomic E-state index is 0.233. The zero-order valence-corrected chi connectivity index (χ0v) is 20.6. The van der Waals surface area contributed by atoms with E-state index >= 15 is 4.39 Å².